The molecule has 9 atom stereocenters. The molecule has 0 aromatic carbocycles. The van der Waals surface area contributed by atoms with E-state index in [0.717, 1.165) is 0 Å². The Bertz CT molecular complexity index is 605. The average molecular weight is 326 g/mol. The molecule has 0 radical (unpaired) electrons. The molecule has 2 aliphatic carbocycles. The minimum Gasteiger partial charge on any atom is -0.469 e. The number of esters is 1. The van der Waals surface area contributed by atoms with Crippen molar-refractivity contribution in [3.63, 3.8) is 0 Å². The van der Waals surface area contributed by atoms with Gasteiger partial charge in [0.2, 0.25) is 0 Å². The van der Waals surface area contributed by atoms with E-state index < -0.39 is 58.8 Å². The van der Waals surface area contributed by atoms with Gasteiger partial charge >= 0.3 is 5.97 Å². The number of rotatable bonds is 2. The molecule has 3 N–H and O–H groups in total. The summed E-state index contributed by atoms with van der Waals surface area (Å²) in [5, 5.41) is 33.2. The maximum Gasteiger partial charge on any atom is 0.312 e. The van der Waals surface area contributed by atoms with Crippen LogP contribution in [0.1, 0.15) is 13.8 Å². The van der Waals surface area contributed by atoms with Crippen molar-refractivity contribution in [3.05, 3.63) is 12.2 Å². The van der Waals surface area contributed by atoms with Gasteiger partial charge in [0.15, 0.2) is 0 Å². The van der Waals surface area contributed by atoms with Crippen LogP contribution in [-0.2, 0) is 19.0 Å². The number of carbonyl (C=O) groups is 1. The molecule has 4 bridgehead atoms. The van der Waals surface area contributed by atoms with Crippen LogP contribution in [0.25, 0.3) is 0 Å². The molecule has 5 fully saturated rings. The minimum absolute atomic E-state index is 0.106. The minimum atomic E-state index is -1.80. The Hall–Kier alpha value is -0.990. The van der Waals surface area contributed by atoms with Crippen molar-refractivity contribution in [2.45, 2.75) is 49.5 Å². The van der Waals surface area contributed by atoms with Crippen LogP contribution in [0.3, 0.4) is 0 Å². The summed E-state index contributed by atoms with van der Waals surface area (Å²) < 4.78 is 16.6. The summed E-state index contributed by atoms with van der Waals surface area (Å²) in [7, 11) is 1.25. The number of aliphatic hydroxyl groups is 3. The third-order valence-electron chi connectivity index (χ3n) is 6.81. The Kier molecular flexibility index (Phi) is 2.80. The second-order valence-electron chi connectivity index (χ2n) is 7.52. The molecule has 5 rings (SSSR count). The molecule has 2 saturated carbocycles. The molecule has 23 heavy (non-hydrogen) atoms. The van der Waals surface area contributed by atoms with Crippen LogP contribution in [-0.4, -0.2) is 70.6 Å². The third kappa shape index (κ3) is 1.28. The Balaban J connectivity index is 1.98. The largest absolute Gasteiger partial charge is 0.469 e. The van der Waals surface area contributed by atoms with E-state index in [-0.39, 0.29) is 6.61 Å². The molecular formula is C16H22O7. The first-order valence-electron chi connectivity index (χ1n) is 7.79. The Morgan fingerprint density at radius 2 is 2.00 bits per heavy atom. The standard InChI is InChI=1S/C16H22O7/c1-6(2)7-8(13(18)21-4)16(20)12-10(17)15(19)5-22-11(9(7)23-12)14(15,16)3/h7-12,17,19-20H,1,5H2,2-4H3. The van der Waals surface area contributed by atoms with Crippen molar-refractivity contribution < 1.29 is 34.3 Å². The second-order valence-corrected chi connectivity index (χ2v) is 7.52. The summed E-state index contributed by atoms with van der Waals surface area (Å²) in [4.78, 5) is 12.5. The van der Waals surface area contributed by atoms with Crippen LogP contribution < -0.4 is 0 Å². The molecule has 0 amide bonds. The molecule has 9 unspecified atom stereocenters. The van der Waals surface area contributed by atoms with Crippen LogP contribution in [0.5, 0.6) is 0 Å². The highest BCUT2D eigenvalue weighted by Crippen LogP contribution is 2.71. The first-order chi connectivity index (χ1) is 10.7. The lowest BCUT2D eigenvalue weighted by molar-refractivity contribution is -0.330. The van der Waals surface area contributed by atoms with Crippen LogP contribution in [0.4, 0.5) is 0 Å². The SMILES string of the molecule is C=C(C)C1C2OC3C(O)C4(O)COC2C4(C)C3(O)C1C(=O)OC. The number of carbonyl (C=O) groups excluding carboxylic acids is 1. The molecule has 7 heteroatoms. The first kappa shape index (κ1) is 15.5. The van der Waals surface area contributed by atoms with Gasteiger partial charge in [-0.1, -0.05) is 19.1 Å². The molecule has 5 aliphatic rings. The first-order valence-corrected chi connectivity index (χ1v) is 7.79. The maximum atomic E-state index is 12.5. The molecule has 0 spiro atoms. The van der Waals surface area contributed by atoms with Gasteiger partial charge < -0.3 is 29.5 Å². The zero-order valence-corrected chi connectivity index (χ0v) is 13.4. The maximum absolute atomic E-state index is 12.5. The van der Waals surface area contributed by atoms with E-state index in [9.17, 15) is 20.1 Å². The number of hydrogen-bond donors (Lipinski definition) is 3. The monoisotopic (exact) mass is 326 g/mol. The van der Waals surface area contributed by atoms with E-state index in [1.165, 1.54) is 7.11 Å². The fourth-order valence-electron chi connectivity index (χ4n) is 5.63. The van der Waals surface area contributed by atoms with Crippen LogP contribution >= 0.6 is 0 Å². The predicted molar refractivity (Wildman–Crippen MR) is 76.2 cm³/mol. The number of ether oxygens (including phenoxy) is 3. The molecule has 0 aromatic rings. The smallest absolute Gasteiger partial charge is 0.312 e. The van der Waals surface area contributed by atoms with E-state index in [1.54, 1.807) is 13.8 Å². The number of hydrogen-bond acceptors (Lipinski definition) is 7. The Morgan fingerprint density at radius 1 is 1.35 bits per heavy atom. The molecule has 3 aliphatic heterocycles. The van der Waals surface area contributed by atoms with Crippen molar-refractivity contribution >= 4 is 5.97 Å². The highest BCUT2D eigenvalue weighted by atomic mass is 16.6. The zero-order valence-electron chi connectivity index (χ0n) is 13.4. The summed E-state index contributed by atoms with van der Waals surface area (Å²) in [6.07, 6.45) is -3.62. The second kappa shape index (κ2) is 4.15. The van der Waals surface area contributed by atoms with Crippen LogP contribution in [0, 0.1) is 17.3 Å². The quantitative estimate of drug-likeness (QED) is 0.441. The fourth-order valence-corrected chi connectivity index (χ4v) is 5.63. The average Bonchev–Trinajstić information content (AvgIpc) is 2.83. The van der Waals surface area contributed by atoms with E-state index in [1.807, 2.05) is 0 Å². The van der Waals surface area contributed by atoms with Crippen molar-refractivity contribution in [1.29, 1.82) is 0 Å². The normalized spacial score (nSPS) is 59.2. The van der Waals surface area contributed by atoms with Gasteiger partial charge in [0.05, 0.1) is 37.3 Å². The molecular weight excluding hydrogens is 304 g/mol. The Morgan fingerprint density at radius 3 is 2.57 bits per heavy atom. The van der Waals surface area contributed by atoms with Gasteiger partial charge in [0, 0.05) is 5.92 Å². The summed E-state index contributed by atoms with van der Waals surface area (Å²) in [5.74, 6) is -2.07. The molecule has 7 nitrogen and oxygen atoms in total. The number of methoxy groups -OCH3 is 1. The predicted octanol–water partition coefficient (Wildman–Crippen LogP) is -1.01. The summed E-state index contributed by atoms with van der Waals surface area (Å²) >= 11 is 0. The number of aliphatic hydroxyl groups excluding tert-OH is 1. The van der Waals surface area contributed by atoms with Gasteiger partial charge in [-0.2, -0.15) is 0 Å². The lowest BCUT2D eigenvalue weighted by Crippen LogP contribution is -2.77. The zero-order chi connectivity index (χ0) is 16.9. The molecule has 3 saturated heterocycles. The topological polar surface area (TPSA) is 105 Å². The number of fused-ring (bicyclic) bond motifs is 1. The van der Waals surface area contributed by atoms with E-state index in [0.29, 0.717) is 5.57 Å². The van der Waals surface area contributed by atoms with Gasteiger partial charge in [-0.15, -0.1) is 0 Å². The lowest BCUT2D eigenvalue weighted by Gasteiger charge is -2.62. The van der Waals surface area contributed by atoms with Crippen molar-refractivity contribution in [2.75, 3.05) is 13.7 Å². The van der Waals surface area contributed by atoms with Crippen molar-refractivity contribution in [2.24, 2.45) is 17.3 Å². The highest BCUT2D eigenvalue weighted by molar-refractivity contribution is 5.77. The van der Waals surface area contributed by atoms with Gasteiger partial charge in [-0.05, 0) is 6.92 Å². The lowest BCUT2D eigenvalue weighted by atomic mass is 9.50. The molecule has 0 aromatic heterocycles. The van der Waals surface area contributed by atoms with Gasteiger partial charge in [-0.3, -0.25) is 4.79 Å². The van der Waals surface area contributed by atoms with Gasteiger partial charge in [0.1, 0.15) is 23.4 Å². The fraction of sp³-hybridized carbons (Fsp3) is 0.812. The van der Waals surface area contributed by atoms with E-state index >= 15 is 0 Å². The van der Waals surface area contributed by atoms with Crippen molar-refractivity contribution in [1.82, 2.24) is 0 Å². The molecule has 128 valence electrons. The van der Waals surface area contributed by atoms with Crippen LogP contribution in [0.15, 0.2) is 12.2 Å². The van der Waals surface area contributed by atoms with Gasteiger partial charge in [-0.25, -0.2) is 0 Å². The van der Waals surface area contributed by atoms with E-state index in [2.05, 4.69) is 6.58 Å². The Labute approximate surface area is 133 Å². The van der Waals surface area contributed by atoms with Gasteiger partial charge in [0.25, 0.3) is 0 Å². The molecule has 3 heterocycles. The van der Waals surface area contributed by atoms with Crippen LogP contribution in [0.2, 0.25) is 0 Å². The summed E-state index contributed by atoms with van der Waals surface area (Å²) in [6, 6.07) is 0. The van der Waals surface area contributed by atoms with Crippen molar-refractivity contribution in [3.8, 4) is 0 Å². The highest BCUT2D eigenvalue weighted by Gasteiger charge is 2.89. The summed E-state index contributed by atoms with van der Waals surface area (Å²) in [6.45, 7) is 7.24. The summed E-state index contributed by atoms with van der Waals surface area (Å²) in [5.41, 5.74) is -4.02. The van der Waals surface area contributed by atoms with E-state index in [4.69, 9.17) is 14.2 Å². The third-order valence-corrected chi connectivity index (χ3v) is 6.81.